The molecule has 10 nitrogen and oxygen atoms in total. The molecule has 0 aliphatic carbocycles. The summed E-state index contributed by atoms with van der Waals surface area (Å²) in [7, 11) is 1.50. The number of nitrogens with two attached hydrogens (primary N) is 1. The van der Waals surface area contributed by atoms with E-state index in [1.54, 1.807) is 31.2 Å². The van der Waals surface area contributed by atoms with Gasteiger partial charge in [-0.3, -0.25) is 18.7 Å². The Morgan fingerprint density at radius 3 is 2.53 bits per heavy atom. The van der Waals surface area contributed by atoms with Gasteiger partial charge in [0.1, 0.15) is 16.4 Å². The van der Waals surface area contributed by atoms with Crippen molar-refractivity contribution in [3.63, 3.8) is 0 Å². The topological polar surface area (TPSA) is 136 Å². The Balaban J connectivity index is 1.87. The Hall–Kier alpha value is -3.57. The zero-order valence-corrected chi connectivity index (χ0v) is 18.4. The van der Waals surface area contributed by atoms with Gasteiger partial charge < -0.3 is 15.2 Å². The summed E-state index contributed by atoms with van der Waals surface area (Å²) in [6, 6.07) is 9.01. The molecule has 0 fully saturated rings. The van der Waals surface area contributed by atoms with Gasteiger partial charge in [0.25, 0.3) is 5.56 Å². The first kappa shape index (κ1) is 23.1. The minimum atomic E-state index is -0.823. The molecule has 0 unspecified atom stereocenters. The zero-order chi connectivity index (χ0) is 23.3. The SMILES string of the molecule is CCn1c(=O)c(C(=O)COC(=O)c2csc(COC)n2)c(N)n(Cc2ccccc2)c1=O. The lowest BCUT2D eigenvalue weighted by atomic mass is 10.2. The van der Waals surface area contributed by atoms with Crippen molar-refractivity contribution in [3.05, 3.63) is 78.4 Å². The summed E-state index contributed by atoms with van der Waals surface area (Å²) in [6.45, 7) is 1.26. The number of methoxy groups -OCH3 is 1. The van der Waals surface area contributed by atoms with Gasteiger partial charge in [-0.1, -0.05) is 30.3 Å². The first-order valence-corrected chi connectivity index (χ1v) is 10.6. The predicted octanol–water partition coefficient (Wildman–Crippen LogP) is 1.30. The maximum atomic E-state index is 12.8. The molecule has 0 aliphatic rings. The number of benzene rings is 1. The van der Waals surface area contributed by atoms with Gasteiger partial charge in [-0.25, -0.2) is 14.6 Å². The lowest BCUT2D eigenvalue weighted by Gasteiger charge is -2.15. The monoisotopic (exact) mass is 458 g/mol. The smallest absolute Gasteiger partial charge is 0.358 e. The Morgan fingerprint density at radius 1 is 1.16 bits per heavy atom. The minimum Gasteiger partial charge on any atom is -0.453 e. The second-order valence-electron chi connectivity index (χ2n) is 6.72. The van der Waals surface area contributed by atoms with Crippen molar-refractivity contribution in [2.75, 3.05) is 19.5 Å². The highest BCUT2D eigenvalue weighted by Gasteiger charge is 2.24. The lowest BCUT2D eigenvalue weighted by molar-refractivity contribution is 0.0468. The van der Waals surface area contributed by atoms with Crippen LogP contribution in [0.3, 0.4) is 0 Å². The molecule has 168 valence electrons. The van der Waals surface area contributed by atoms with Crippen LogP contribution in [0.2, 0.25) is 0 Å². The molecule has 1 aromatic carbocycles. The molecule has 0 radical (unpaired) electrons. The molecule has 2 N–H and O–H groups in total. The van der Waals surface area contributed by atoms with Gasteiger partial charge in [0, 0.05) is 19.0 Å². The van der Waals surface area contributed by atoms with Crippen LogP contribution in [0, 0.1) is 0 Å². The van der Waals surface area contributed by atoms with Crippen LogP contribution in [-0.4, -0.2) is 39.6 Å². The molecule has 3 rings (SSSR count). The Morgan fingerprint density at radius 2 is 1.88 bits per heavy atom. The van der Waals surface area contributed by atoms with E-state index in [-0.39, 0.29) is 31.2 Å². The van der Waals surface area contributed by atoms with Gasteiger partial charge in [0.15, 0.2) is 12.3 Å². The van der Waals surface area contributed by atoms with E-state index in [0.29, 0.717) is 5.01 Å². The van der Waals surface area contributed by atoms with Gasteiger partial charge in [0.2, 0.25) is 5.78 Å². The third-order valence-electron chi connectivity index (χ3n) is 4.61. The zero-order valence-electron chi connectivity index (χ0n) is 17.6. The summed E-state index contributed by atoms with van der Waals surface area (Å²) < 4.78 is 12.1. The van der Waals surface area contributed by atoms with E-state index in [1.807, 2.05) is 6.07 Å². The standard InChI is InChI=1S/C21H22N4O6S/c1-3-24-19(27)17(18(22)25(21(24)29)9-13-7-5-4-6-8-13)15(26)10-31-20(28)14-12-32-16(23-14)11-30-2/h4-8,12H,3,9-11,22H2,1-2H3. The summed E-state index contributed by atoms with van der Waals surface area (Å²) in [6.07, 6.45) is 0. The molecular weight excluding hydrogens is 436 g/mol. The molecule has 2 aromatic heterocycles. The van der Waals surface area contributed by atoms with E-state index in [4.69, 9.17) is 15.2 Å². The molecule has 11 heteroatoms. The Labute approximate surface area is 186 Å². The highest BCUT2D eigenvalue weighted by molar-refractivity contribution is 7.09. The number of anilines is 1. The third kappa shape index (κ3) is 4.84. The molecule has 0 atom stereocenters. The van der Waals surface area contributed by atoms with Crippen LogP contribution in [0.5, 0.6) is 0 Å². The maximum absolute atomic E-state index is 12.8. The van der Waals surface area contributed by atoms with Crippen LogP contribution < -0.4 is 17.0 Å². The van der Waals surface area contributed by atoms with Crippen molar-refractivity contribution in [1.82, 2.24) is 14.1 Å². The fourth-order valence-corrected chi connectivity index (χ4v) is 3.78. The van der Waals surface area contributed by atoms with Crippen molar-refractivity contribution in [3.8, 4) is 0 Å². The number of carbonyl (C=O) groups is 2. The number of Topliss-reactive ketones (excluding diaryl/α,β-unsaturated/α-hetero) is 1. The van der Waals surface area contributed by atoms with Crippen molar-refractivity contribution in [1.29, 1.82) is 0 Å². The number of aromatic nitrogens is 3. The fraction of sp³-hybridized carbons (Fsp3) is 0.286. The first-order chi connectivity index (χ1) is 15.4. The second-order valence-corrected chi connectivity index (χ2v) is 7.67. The van der Waals surface area contributed by atoms with Gasteiger partial charge >= 0.3 is 11.7 Å². The lowest BCUT2D eigenvalue weighted by Crippen LogP contribution is -2.44. The van der Waals surface area contributed by atoms with Crippen LogP contribution in [0.15, 0.2) is 45.3 Å². The van der Waals surface area contributed by atoms with E-state index in [0.717, 1.165) is 14.7 Å². The molecule has 0 bridgehead atoms. The van der Waals surface area contributed by atoms with Crippen molar-refractivity contribution in [2.45, 2.75) is 26.6 Å². The van der Waals surface area contributed by atoms with Crippen LogP contribution in [-0.2, 0) is 29.2 Å². The summed E-state index contributed by atoms with van der Waals surface area (Å²) >= 11 is 1.21. The van der Waals surface area contributed by atoms with Gasteiger partial charge in [-0.05, 0) is 12.5 Å². The minimum absolute atomic E-state index is 0.0304. The number of hydrogen-bond acceptors (Lipinski definition) is 9. The number of carbonyl (C=O) groups excluding carboxylic acids is 2. The van der Waals surface area contributed by atoms with E-state index >= 15 is 0 Å². The van der Waals surface area contributed by atoms with Crippen LogP contribution >= 0.6 is 11.3 Å². The maximum Gasteiger partial charge on any atom is 0.358 e. The quantitative estimate of drug-likeness (QED) is 0.374. The number of hydrogen-bond donors (Lipinski definition) is 1. The number of nitrogens with zero attached hydrogens (tertiary/aromatic N) is 3. The Bertz CT molecular complexity index is 1250. The van der Waals surface area contributed by atoms with Crippen molar-refractivity contribution in [2.24, 2.45) is 0 Å². The molecule has 0 aliphatic heterocycles. The van der Waals surface area contributed by atoms with Crippen molar-refractivity contribution < 1.29 is 19.1 Å². The van der Waals surface area contributed by atoms with E-state index in [1.165, 1.54) is 23.8 Å². The summed E-state index contributed by atoms with van der Waals surface area (Å²) in [5.74, 6) is -1.90. The van der Waals surface area contributed by atoms with Crippen LogP contribution in [0.25, 0.3) is 0 Å². The van der Waals surface area contributed by atoms with E-state index < -0.39 is 35.2 Å². The third-order valence-corrected chi connectivity index (χ3v) is 5.43. The molecule has 3 aromatic rings. The molecule has 0 saturated carbocycles. The Kier molecular flexibility index (Phi) is 7.33. The van der Waals surface area contributed by atoms with Crippen molar-refractivity contribution >= 4 is 28.9 Å². The normalized spacial score (nSPS) is 10.8. The largest absolute Gasteiger partial charge is 0.453 e. The highest BCUT2D eigenvalue weighted by Crippen LogP contribution is 2.13. The van der Waals surface area contributed by atoms with Crippen LogP contribution in [0.1, 0.15) is 38.3 Å². The number of esters is 1. The molecule has 0 spiro atoms. The average Bonchev–Trinajstić information content (AvgIpc) is 3.25. The highest BCUT2D eigenvalue weighted by atomic mass is 32.1. The summed E-state index contributed by atoms with van der Waals surface area (Å²) in [4.78, 5) is 54.6. The van der Waals surface area contributed by atoms with Crippen LogP contribution in [0.4, 0.5) is 5.82 Å². The summed E-state index contributed by atoms with van der Waals surface area (Å²) in [5.41, 5.74) is 5.03. The fourth-order valence-electron chi connectivity index (χ4n) is 3.05. The number of ether oxygens (including phenoxy) is 2. The molecule has 32 heavy (non-hydrogen) atoms. The van der Waals surface area contributed by atoms with E-state index in [9.17, 15) is 19.2 Å². The second kappa shape index (κ2) is 10.2. The molecule has 0 amide bonds. The molecule has 0 saturated heterocycles. The number of thiazole rings is 1. The van der Waals surface area contributed by atoms with Gasteiger partial charge in [0.05, 0.1) is 13.2 Å². The number of ketones is 1. The van der Waals surface area contributed by atoms with Gasteiger partial charge in [-0.15, -0.1) is 11.3 Å². The first-order valence-electron chi connectivity index (χ1n) is 9.68. The average molecular weight is 458 g/mol. The molecular formula is C21H22N4O6S. The van der Waals surface area contributed by atoms with Gasteiger partial charge in [-0.2, -0.15) is 0 Å². The van der Waals surface area contributed by atoms with E-state index in [2.05, 4.69) is 4.98 Å². The predicted molar refractivity (Wildman–Crippen MR) is 118 cm³/mol. The number of rotatable bonds is 9. The molecule has 2 heterocycles. The summed E-state index contributed by atoms with van der Waals surface area (Å²) in [5, 5.41) is 2.06. The number of nitrogen functional groups attached to an aromatic ring is 1.